The maximum atomic E-state index is 14.9. The highest BCUT2D eigenvalue weighted by Gasteiger charge is 2.95. The molecule has 0 N–H and O–H groups in total. The van der Waals surface area contributed by atoms with Crippen molar-refractivity contribution in [1.29, 1.82) is 0 Å². The van der Waals surface area contributed by atoms with Gasteiger partial charge in [0.25, 0.3) is 0 Å². The molecule has 0 aromatic carbocycles. The summed E-state index contributed by atoms with van der Waals surface area (Å²) >= 11 is -1.93. The van der Waals surface area contributed by atoms with Crippen LogP contribution in [-0.4, -0.2) is 71.6 Å². The predicted molar refractivity (Wildman–Crippen MR) is 117 cm³/mol. The van der Waals surface area contributed by atoms with Crippen molar-refractivity contribution in [2.24, 2.45) is 0 Å². The molecule has 0 atom stereocenters. The van der Waals surface area contributed by atoms with Gasteiger partial charge in [-0.05, 0) is 22.9 Å². The lowest BCUT2D eigenvalue weighted by Crippen LogP contribution is -2.72. The Morgan fingerprint density at radius 1 is 0.259 bits per heavy atom. The molecule has 0 unspecified atom stereocenters. The minimum atomic E-state index is -8.91. The molecule has 314 valence electrons. The first-order valence-electron chi connectivity index (χ1n) is 12.0. The summed E-state index contributed by atoms with van der Waals surface area (Å²) in [6, 6.07) is -1.68. The first kappa shape index (κ1) is 47.5. The molecule has 0 radical (unpaired) electrons. The largest absolute Gasteiger partial charge is 0.460 e. The summed E-state index contributed by atoms with van der Waals surface area (Å²) in [4.78, 5) is -5.04. The normalized spacial score (nSPS) is 16.3. The molecule has 0 fully saturated rings. The lowest BCUT2D eigenvalue weighted by atomic mass is 9.87. The average molecular weight is 902 g/mol. The first-order valence-corrected chi connectivity index (χ1v) is 13.8. The number of thiophene rings is 2. The quantitative estimate of drug-likeness (QED) is 0.176. The van der Waals surface area contributed by atoms with Crippen molar-refractivity contribution in [2.75, 3.05) is 0 Å². The maximum absolute atomic E-state index is 14.9. The molecule has 2 heterocycles. The van der Waals surface area contributed by atoms with E-state index in [2.05, 4.69) is 0 Å². The molecule has 54 heavy (non-hydrogen) atoms. The fraction of sp³-hybridized carbons (Fsp3) is 0.636. The second kappa shape index (κ2) is 12.4. The van der Waals surface area contributed by atoms with Crippen LogP contribution < -0.4 is 0 Å². The molecule has 2 aromatic rings. The van der Waals surface area contributed by atoms with Crippen molar-refractivity contribution >= 4 is 22.7 Å². The van der Waals surface area contributed by atoms with E-state index < -0.39 is 139 Å². The number of halogens is 30. The fourth-order valence-corrected chi connectivity index (χ4v) is 5.79. The summed E-state index contributed by atoms with van der Waals surface area (Å²) in [6.45, 7) is 0. The smallest absolute Gasteiger partial charge is 0.194 e. The molecule has 2 aromatic heterocycles. The van der Waals surface area contributed by atoms with E-state index in [0.717, 1.165) is 0 Å². The van der Waals surface area contributed by atoms with Crippen LogP contribution in [0.3, 0.4) is 0 Å². The summed E-state index contributed by atoms with van der Waals surface area (Å²) in [6.07, 6.45) is -16.0. The summed E-state index contributed by atoms with van der Waals surface area (Å²) < 4.78 is 410. The van der Waals surface area contributed by atoms with Gasteiger partial charge >= 0.3 is 83.4 Å². The summed E-state index contributed by atoms with van der Waals surface area (Å²) in [5, 5.41) is -0.556. The van der Waals surface area contributed by atoms with Gasteiger partial charge in [-0.3, -0.25) is 0 Å². The maximum Gasteiger partial charge on any atom is 0.460 e. The Labute approximate surface area is 282 Å². The SMILES string of the molecule is FC(F)(F)C(F)(F)C(F)(F)C(F)(F)C(F)(F)C(F)(F)C(F)(F)c1ccsc1-c1sccc1C(F)(F)C(F)(F)C(F)(F)C(F)(F)C(F)(F)C(F)(F)C(F)(F)F. The van der Waals surface area contributed by atoms with Crippen LogP contribution in [0.1, 0.15) is 11.1 Å². The van der Waals surface area contributed by atoms with E-state index in [9.17, 15) is 132 Å². The second-order valence-corrected chi connectivity index (χ2v) is 12.0. The first-order chi connectivity index (χ1) is 23.2. The Hall–Kier alpha value is -2.70. The minimum Gasteiger partial charge on any atom is -0.194 e. The van der Waals surface area contributed by atoms with Crippen LogP contribution in [0, 0.1) is 0 Å². The lowest BCUT2D eigenvalue weighted by molar-refractivity contribution is -0.453. The molecular formula is C22H4F30S2. The third-order valence-electron chi connectivity index (χ3n) is 6.87. The molecule has 0 amide bonds. The molecule has 32 heteroatoms. The Morgan fingerprint density at radius 2 is 0.444 bits per heavy atom. The number of alkyl halides is 30. The van der Waals surface area contributed by atoms with Crippen molar-refractivity contribution in [2.45, 2.75) is 83.4 Å². The average Bonchev–Trinajstić information content (AvgIpc) is 3.65. The van der Waals surface area contributed by atoms with E-state index in [0.29, 0.717) is 0 Å². The monoisotopic (exact) mass is 902 g/mol. The van der Waals surface area contributed by atoms with Crippen LogP contribution in [0.5, 0.6) is 0 Å². The molecular weight excluding hydrogens is 898 g/mol. The third kappa shape index (κ3) is 5.76. The zero-order chi connectivity index (χ0) is 43.6. The Kier molecular flexibility index (Phi) is 10.9. The van der Waals surface area contributed by atoms with Gasteiger partial charge in [-0.1, -0.05) is 0 Å². The van der Waals surface area contributed by atoms with Crippen LogP contribution in [0.2, 0.25) is 0 Å². The van der Waals surface area contributed by atoms with Crippen LogP contribution in [0.25, 0.3) is 9.75 Å². The highest BCUT2D eigenvalue weighted by Crippen LogP contribution is 2.67. The van der Waals surface area contributed by atoms with Crippen LogP contribution in [0.4, 0.5) is 132 Å². The molecule has 0 aliphatic carbocycles. The van der Waals surface area contributed by atoms with Gasteiger partial charge < -0.3 is 0 Å². The van der Waals surface area contributed by atoms with Crippen molar-refractivity contribution in [1.82, 2.24) is 0 Å². The van der Waals surface area contributed by atoms with Gasteiger partial charge in [0.2, 0.25) is 0 Å². The van der Waals surface area contributed by atoms with Gasteiger partial charge in [-0.2, -0.15) is 132 Å². The zero-order valence-electron chi connectivity index (χ0n) is 23.5. The van der Waals surface area contributed by atoms with Crippen molar-refractivity contribution < 1.29 is 132 Å². The van der Waals surface area contributed by atoms with E-state index in [4.69, 9.17) is 0 Å². The van der Waals surface area contributed by atoms with Gasteiger partial charge in [-0.25, -0.2) is 0 Å². The van der Waals surface area contributed by atoms with Gasteiger partial charge in [0, 0.05) is 11.1 Å². The molecule has 0 nitrogen and oxygen atoms in total. The van der Waals surface area contributed by atoms with Crippen molar-refractivity contribution in [3.8, 4) is 9.75 Å². The summed E-state index contributed by atoms with van der Waals surface area (Å²) in [5.74, 6) is -102. The van der Waals surface area contributed by atoms with Crippen LogP contribution >= 0.6 is 22.7 Å². The number of rotatable bonds is 13. The van der Waals surface area contributed by atoms with E-state index in [1.807, 2.05) is 0 Å². The second-order valence-electron chi connectivity index (χ2n) is 10.2. The summed E-state index contributed by atoms with van der Waals surface area (Å²) in [7, 11) is 0. The summed E-state index contributed by atoms with van der Waals surface area (Å²) in [5.41, 5.74) is -6.62. The standard InChI is InChI=1S/C22H4F30S2/c23-9(24,11(27,28)13(31,32)15(35,36)17(39,40)19(43,44)21(47,48)49)5-1-3-53-7(5)8-6(2-4-54-8)10(25,26)12(29,30)14(33,34)16(37,38)18(41,42)20(45,46)22(50,51)52/h1-4H. The molecule has 0 aliphatic heterocycles. The van der Waals surface area contributed by atoms with Gasteiger partial charge in [0.05, 0.1) is 9.75 Å². The topological polar surface area (TPSA) is 0 Å². The molecule has 0 saturated carbocycles. The van der Waals surface area contributed by atoms with E-state index >= 15 is 0 Å². The lowest BCUT2D eigenvalue weighted by Gasteiger charge is -2.42. The van der Waals surface area contributed by atoms with Gasteiger partial charge in [-0.15, -0.1) is 22.7 Å². The van der Waals surface area contributed by atoms with Gasteiger partial charge in [0.15, 0.2) is 0 Å². The van der Waals surface area contributed by atoms with Gasteiger partial charge in [0.1, 0.15) is 0 Å². The third-order valence-corrected chi connectivity index (χ3v) is 8.86. The van der Waals surface area contributed by atoms with Crippen LogP contribution in [-0.2, 0) is 11.8 Å². The molecule has 2 rings (SSSR count). The van der Waals surface area contributed by atoms with E-state index in [1.165, 1.54) is 0 Å². The number of hydrogen-bond acceptors (Lipinski definition) is 2. The Morgan fingerprint density at radius 3 is 0.648 bits per heavy atom. The highest BCUT2D eigenvalue weighted by atomic mass is 32.1. The van der Waals surface area contributed by atoms with E-state index in [-0.39, 0.29) is 10.8 Å². The number of hydrogen-bond donors (Lipinski definition) is 0. The Bertz CT molecular complexity index is 1540. The molecule has 0 spiro atoms. The highest BCUT2D eigenvalue weighted by molar-refractivity contribution is 7.20. The molecule has 0 bridgehead atoms. The Balaban J connectivity index is 2.84. The van der Waals surface area contributed by atoms with E-state index in [1.54, 1.807) is 0 Å². The fourth-order valence-electron chi connectivity index (χ4n) is 3.74. The molecule has 0 aliphatic rings. The van der Waals surface area contributed by atoms with Crippen molar-refractivity contribution in [3.05, 3.63) is 34.0 Å². The van der Waals surface area contributed by atoms with Crippen LogP contribution in [0.15, 0.2) is 22.9 Å². The minimum absolute atomic E-state index is 0.278. The predicted octanol–water partition coefficient (Wildman–Crippen LogP) is 13.1. The van der Waals surface area contributed by atoms with Crippen molar-refractivity contribution in [3.63, 3.8) is 0 Å². The molecule has 0 saturated heterocycles. The zero-order valence-corrected chi connectivity index (χ0v) is 25.1.